The van der Waals surface area contributed by atoms with Crippen LogP contribution >= 0.6 is 0 Å². The predicted octanol–water partition coefficient (Wildman–Crippen LogP) is 23.9. The highest BCUT2D eigenvalue weighted by molar-refractivity contribution is 5.71. The van der Waals surface area contributed by atoms with E-state index in [2.05, 4.69) is 57.2 Å². The Kier molecular flexibility index (Phi) is 65.1. The molecule has 0 radical (unpaired) electrons. The molecule has 0 aliphatic carbocycles. The molecule has 0 aliphatic rings. The molecule has 458 valence electrons. The standard InChI is InChI=1S/C72H134O6/c1-4-7-10-13-16-19-22-24-26-28-30-32-34-35-36-37-38-40-41-43-45-47-50-53-56-59-62-65-71(74)77-68-69(67-76-70(73)64-61-58-55-52-49-21-18-15-12-9-6-3)78-72(75)66-63-60-57-54-51-48-46-44-42-39-33-31-29-27-25-23-20-17-14-11-8-5-2/h15,18,22,24,28,30,69H,4-14,16-17,19-21,23,25-27,29,31-68H2,1-3H3/b18-15-,24-22-,30-28-. The minimum Gasteiger partial charge on any atom is -0.462 e. The third-order valence-corrected chi connectivity index (χ3v) is 15.9. The molecule has 6 nitrogen and oxygen atoms in total. The van der Waals surface area contributed by atoms with Crippen LogP contribution in [0.25, 0.3) is 0 Å². The molecule has 0 aromatic carbocycles. The van der Waals surface area contributed by atoms with Crippen LogP contribution in [0.1, 0.15) is 387 Å². The maximum absolute atomic E-state index is 12.9. The van der Waals surface area contributed by atoms with Crippen molar-refractivity contribution in [1.29, 1.82) is 0 Å². The van der Waals surface area contributed by atoms with Crippen molar-refractivity contribution >= 4 is 17.9 Å². The van der Waals surface area contributed by atoms with Gasteiger partial charge in [0.05, 0.1) is 0 Å². The first-order valence-electron chi connectivity index (χ1n) is 35.0. The van der Waals surface area contributed by atoms with Crippen LogP contribution in [0.2, 0.25) is 0 Å². The lowest BCUT2D eigenvalue weighted by molar-refractivity contribution is -0.167. The summed E-state index contributed by atoms with van der Waals surface area (Å²) in [5.41, 5.74) is 0. The number of hydrogen-bond donors (Lipinski definition) is 0. The number of carbonyl (C=O) groups excluding carboxylic acids is 3. The predicted molar refractivity (Wildman–Crippen MR) is 339 cm³/mol. The van der Waals surface area contributed by atoms with Crippen molar-refractivity contribution in [1.82, 2.24) is 0 Å². The highest BCUT2D eigenvalue weighted by atomic mass is 16.6. The molecular weight excluding hydrogens is 961 g/mol. The number of unbranched alkanes of at least 4 members (excludes halogenated alkanes) is 48. The molecule has 1 unspecified atom stereocenters. The molecule has 0 rings (SSSR count). The van der Waals surface area contributed by atoms with Crippen LogP contribution in [0.15, 0.2) is 36.5 Å². The van der Waals surface area contributed by atoms with Crippen LogP contribution in [-0.2, 0) is 28.6 Å². The molecular formula is C72H134O6. The first-order valence-corrected chi connectivity index (χ1v) is 35.0. The van der Waals surface area contributed by atoms with E-state index in [9.17, 15) is 14.4 Å². The second kappa shape index (κ2) is 67.1. The van der Waals surface area contributed by atoms with E-state index < -0.39 is 6.10 Å². The molecule has 0 saturated carbocycles. The minimum atomic E-state index is -0.773. The Balaban J connectivity index is 4.17. The van der Waals surface area contributed by atoms with E-state index >= 15 is 0 Å². The molecule has 0 bridgehead atoms. The van der Waals surface area contributed by atoms with Gasteiger partial charge >= 0.3 is 17.9 Å². The fourth-order valence-corrected chi connectivity index (χ4v) is 10.6. The van der Waals surface area contributed by atoms with Crippen LogP contribution in [0, 0.1) is 0 Å². The van der Waals surface area contributed by atoms with Gasteiger partial charge in [0.25, 0.3) is 0 Å². The van der Waals surface area contributed by atoms with Gasteiger partial charge in [-0.15, -0.1) is 0 Å². The van der Waals surface area contributed by atoms with E-state index in [0.717, 1.165) is 70.6 Å². The van der Waals surface area contributed by atoms with Gasteiger partial charge in [-0.2, -0.15) is 0 Å². The maximum Gasteiger partial charge on any atom is 0.306 e. The number of carbonyl (C=O) groups is 3. The first kappa shape index (κ1) is 75.6. The summed E-state index contributed by atoms with van der Waals surface area (Å²) in [6.45, 7) is 6.66. The minimum absolute atomic E-state index is 0.0697. The lowest BCUT2D eigenvalue weighted by Gasteiger charge is -2.18. The van der Waals surface area contributed by atoms with Gasteiger partial charge in [0.1, 0.15) is 13.2 Å². The molecule has 0 N–H and O–H groups in total. The zero-order valence-electron chi connectivity index (χ0n) is 52.7. The molecule has 0 heterocycles. The van der Waals surface area contributed by atoms with Gasteiger partial charge < -0.3 is 14.2 Å². The monoisotopic (exact) mass is 1100 g/mol. The van der Waals surface area contributed by atoms with Gasteiger partial charge in [0, 0.05) is 19.3 Å². The average Bonchev–Trinajstić information content (AvgIpc) is 3.44. The fourth-order valence-electron chi connectivity index (χ4n) is 10.6. The smallest absolute Gasteiger partial charge is 0.306 e. The van der Waals surface area contributed by atoms with Gasteiger partial charge in [-0.05, 0) is 70.6 Å². The summed E-state index contributed by atoms with van der Waals surface area (Å²) in [4.78, 5) is 38.3. The fraction of sp³-hybridized carbons (Fsp3) is 0.875. The van der Waals surface area contributed by atoms with Crippen molar-refractivity contribution in [2.24, 2.45) is 0 Å². The van der Waals surface area contributed by atoms with Gasteiger partial charge in [0.15, 0.2) is 6.10 Å². The quantitative estimate of drug-likeness (QED) is 0.0261. The van der Waals surface area contributed by atoms with E-state index in [4.69, 9.17) is 14.2 Å². The topological polar surface area (TPSA) is 78.9 Å². The van der Waals surface area contributed by atoms with Crippen molar-refractivity contribution in [3.63, 3.8) is 0 Å². The zero-order chi connectivity index (χ0) is 56.4. The molecule has 0 aromatic rings. The summed E-state index contributed by atoms with van der Waals surface area (Å²) in [7, 11) is 0. The van der Waals surface area contributed by atoms with Crippen molar-refractivity contribution < 1.29 is 28.6 Å². The Hall–Kier alpha value is -2.37. The van der Waals surface area contributed by atoms with E-state index in [1.54, 1.807) is 0 Å². The van der Waals surface area contributed by atoms with Crippen LogP contribution in [0.4, 0.5) is 0 Å². The highest BCUT2D eigenvalue weighted by Gasteiger charge is 2.19. The number of esters is 3. The molecule has 6 heteroatoms. The summed E-state index contributed by atoms with van der Waals surface area (Å²) in [6.07, 6.45) is 83.2. The van der Waals surface area contributed by atoms with E-state index in [1.165, 1.54) is 276 Å². The molecule has 1 atom stereocenters. The van der Waals surface area contributed by atoms with Crippen molar-refractivity contribution in [3.8, 4) is 0 Å². The summed E-state index contributed by atoms with van der Waals surface area (Å²) in [6, 6.07) is 0. The Morgan fingerprint density at radius 2 is 0.474 bits per heavy atom. The van der Waals surface area contributed by atoms with Gasteiger partial charge in [-0.1, -0.05) is 333 Å². The van der Waals surface area contributed by atoms with Crippen molar-refractivity contribution in [2.45, 2.75) is 393 Å². The summed E-state index contributed by atoms with van der Waals surface area (Å²) in [5.74, 6) is -0.852. The lowest BCUT2D eigenvalue weighted by Crippen LogP contribution is -2.30. The summed E-state index contributed by atoms with van der Waals surface area (Å²) >= 11 is 0. The van der Waals surface area contributed by atoms with E-state index in [0.29, 0.717) is 19.3 Å². The van der Waals surface area contributed by atoms with Crippen LogP contribution in [-0.4, -0.2) is 37.2 Å². The number of allylic oxidation sites excluding steroid dienone is 6. The largest absolute Gasteiger partial charge is 0.462 e. The normalized spacial score (nSPS) is 12.2. The van der Waals surface area contributed by atoms with Gasteiger partial charge in [0.2, 0.25) is 0 Å². The SMILES string of the molecule is CCCC/C=C\CCCCCCCC(=O)OCC(COC(=O)CCCCCCCCCCCCCCCCC/C=C\C/C=C\CCCCCCC)OC(=O)CCCCCCCCCCCCCCCCCCCCCCCC. The van der Waals surface area contributed by atoms with E-state index in [1.807, 2.05) is 0 Å². The van der Waals surface area contributed by atoms with Crippen molar-refractivity contribution in [3.05, 3.63) is 36.5 Å². The molecule has 0 aromatic heterocycles. The third kappa shape index (κ3) is 64.5. The molecule has 0 amide bonds. The number of ether oxygens (including phenoxy) is 3. The third-order valence-electron chi connectivity index (χ3n) is 15.9. The van der Waals surface area contributed by atoms with Gasteiger partial charge in [-0.25, -0.2) is 0 Å². The Morgan fingerprint density at radius 1 is 0.256 bits per heavy atom. The molecule has 78 heavy (non-hydrogen) atoms. The van der Waals surface area contributed by atoms with Crippen LogP contribution in [0.3, 0.4) is 0 Å². The van der Waals surface area contributed by atoms with E-state index in [-0.39, 0.29) is 31.1 Å². The summed E-state index contributed by atoms with van der Waals surface area (Å²) < 4.78 is 17.0. The average molecular weight is 1100 g/mol. The van der Waals surface area contributed by atoms with Crippen LogP contribution < -0.4 is 0 Å². The molecule has 0 spiro atoms. The maximum atomic E-state index is 12.9. The van der Waals surface area contributed by atoms with Crippen molar-refractivity contribution in [2.75, 3.05) is 13.2 Å². The summed E-state index contributed by atoms with van der Waals surface area (Å²) in [5, 5.41) is 0. The molecule has 0 aliphatic heterocycles. The second-order valence-corrected chi connectivity index (χ2v) is 23.8. The Labute approximate surface area is 486 Å². The second-order valence-electron chi connectivity index (χ2n) is 23.8. The Bertz CT molecular complexity index is 1300. The Morgan fingerprint density at radius 3 is 0.756 bits per heavy atom. The first-order chi connectivity index (χ1) is 38.5. The molecule has 0 saturated heterocycles. The number of rotatable bonds is 65. The van der Waals surface area contributed by atoms with Crippen LogP contribution in [0.5, 0.6) is 0 Å². The highest BCUT2D eigenvalue weighted by Crippen LogP contribution is 2.18. The number of hydrogen-bond acceptors (Lipinski definition) is 6. The lowest BCUT2D eigenvalue weighted by atomic mass is 10.0. The zero-order valence-corrected chi connectivity index (χ0v) is 52.7. The molecule has 0 fully saturated rings. The van der Waals surface area contributed by atoms with Gasteiger partial charge in [-0.3, -0.25) is 14.4 Å².